The maximum absolute atomic E-state index is 6.00. The van der Waals surface area contributed by atoms with Crippen molar-refractivity contribution in [2.24, 2.45) is 0 Å². The topological polar surface area (TPSA) is 70.3 Å². The lowest BCUT2D eigenvalue weighted by Gasteiger charge is -2.06. The quantitative estimate of drug-likeness (QED) is 0.732. The second kappa shape index (κ2) is 4.09. The van der Waals surface area contributed by atoms with E-state index in [-0.39, 0.29) is 6.79 Å². The van der Waals surface area contributed by atoms with Gasteiger partial charge in [-0.25, -0.2) is 9.97 Å². The molecule has 5 heteroatoms. The third kappa shape index (κ3) is 1.64. The Morgan fingerprint density at radius 3 is 2.75 bits per heavy atom. The van der Waals surface area contributed by atoms with Gasteiger partial charge in [0.1, 0.15) is 5.82 Å². The number of para-hydroxylation sites is 1. The average molecular weight is 265 g/mol. The summed E-state index contributed by atoms with van der Waals surface area (Å²) >= 11 is 0. The van der Waals surface area contributed by atoms with Crippen LogP contribution in [0.5, 0.6) is 11.5 Å². The third-order valence-electron chi connectivity index (χ3n) is 3.26. The van der Waals surface area contributed by atoms with E-state index in [1.165, 1.54) is 0 Å². The van der Waals surface area contributed by atoms with Gasteiger partial charge in [-0.2, -0.15) is 0 Å². The number of rotatable bonds is 1. The van der Waals surface area contributed by atoms with Gasteiger partial charge in [0.15, 0.2) is 17.3 Å². The molecule has 1 aliphatic heterocycles. The maximum atomic E-state index is 6.00. The van der Waals surface area contributed by atoms with E-state index in [1.807, 2.05) is 42.5 Å². The molecule has 0 saturated carbocycles. The van der Waals surface area contributed by atoms with E-state index in [2.05, 4.69) is 9.97 Å². The summed E-state index contributed by atoms with van der Waals surface area (Å²) in [7, 11) is 0. The molecular formula is C15H11N3O2. The molecule has 0 radical (unpaired) electrons. The fourth-order valence-corrected chi connectivity index (χ4v) is 2.27. The van der Waals surface area contributed by atoms with Crippen LogP contribution in [0.2, 0.25) is 0 Å². The third-order valence-corrected chi connectivity index (χ3v) is 3.26. The van der Waals surface area contributed by atoms with Crippen molar-refractivity contribution in [1.29, 1.82) is 0 Å². The van der Waals surface area contributed by atoms with Crippen molar-refractivity contribution in [1.82, 2.24) is 9.97 Å². The molecule has 0 atom stereocenters. The van der Waals surface area contributed by atoms with Crippen molar-refractivity contribution in [3.05, 3.63) is 42.5 Å². The SMILES string of the molecule is Nc1nc(-c2ccc3c(c2)OCO3)nc2ccccc12. The highest BCUT2D eigenvalue weighted by atomic mass is 16.7. The molecule has 2 heterocycles. The molecule has 4 rings (SSSR count). The van der Waals surface area contributed by atoms with Crippen molar-refractivity contribution in [3.8, 4) is 22.9 Å². The molecule has 5 nitrogen and oxygen atoms in total. The van der Waals surface area contributed by atoms with Gasteiger partial charge < -0.3 is 15.2 Å². The van der Waals surface area contributed by atoms with Crippen molar-refractivity contribution >= 4 is 16.7 Å². The predicted octanol–water partition coefficient (Wildman–Crippen LogP) is 2.61. The van der Waals surface area contributed by atoms with E-state index in [9.17, 15) is 0 Å². The number of nitrogens with zero attached hydrogens (tertiary/aromatic N) is 2. The number of fused-ring (bicyclic) bond motifs is 2. The number of anilines is 1. The molecule has 0 spiro atoms. The first-order valence-corrected chi connectivity index (χ1v) is 6.23. The average Bonchev–Trinajstić information content (AvgIpc) is 2.94. The highest BCUT2D eigenvalue weighted by Crippen LogP contribution is 2.35. The summed E-state index contributed by atoms with van der Waals surface area (Å²) in [4.78, 5) is 8.91. The van der Waals surface area contributed by atoms with Crippen molar-refractivity contribution in [3.63, 3.8) is 0 Å². The van der Waals surface area contributed by atoms with Gasteiger partial charge in [-0.15, -0.1) is 0 Å². The molecule has 0 saturated heterocycles. The van der Waals surface area contributed by atoms with Crippen molar-refractivity contribution < 1.29 is 9.47 Å². The first kappa shape index (κ1) is 11.0. The van der Waals surface area contributed by atoms with Crippen LogP contribution in [0.15, 0.2) is 42.5 Å². The molecule has 0 fully saturated rings. The number of benzene rings is 2. The Bertz CT molecular complexity index is 817. The number of aromatic nitrogens is 2. The zero-order valence-electron chi connectivity index (χ0n) is 10.5. The smallest absolute Gasteiger partial charge is 0.231 e. The Hall–Kier alpha value is -2.82. The molecule has 98 valence electrons. The molecule has 1 aliphatic rings. The molecule has 3 aromatic rings. The van der Waals surface area contributed by atoms with Gasteiger partial charge in [0.2, 0.25) is 6.79 Å². The number of hydrogen-bond donors (Lipinski definition) is 1. The predicted molar refractivity (Wildman–Crippen MR) is 75.5 cm³/mol. The fourth-order valence-electron chi connectivity index (χ4n) is 2.27. The maximum Gasteiger partial charge on any atom is 0.231 e. The zero-order valence-corrected chi connectivity index (χ0v) is 10.5. The molecule has 20 heavy (non-hydrogen) atoms. The van der Waals surface area contributed by atoms with E-state index in [0.717, 1.165) is 22.2 Å². The lowest BCUT2D eigenvalue weighted by Crippen LogP contribution is -1.97. The molecule has 0 bridgehead atoms. The van der Waals surface area contributed by atoms with Crippen LogP contribution in [-0.4, -0.2) is 16.8 Å². The van der Waals surface area contributed by atoms with Crippen LogP contribution in [0.1, 0.15) is 0 Å². The Morgan fingerprint density at radius 2 is 1.80 bits per heavy atom. The highest BCUT2D eigenvalue weighted by Gasteiger charge is 2.15. The summed E-state index contributed by atoms with van der Waals surface area (Å²) in [6.45, 7) is 0.250. The highest BCUT2D eigenvalue weighted by molar-refractivity contribution is 5.89. The van der Waals surface area contributed by atoms with Crippen LogP contribution >= 0.6 is 0 Å². The molecule has 0 unspecified atom stereocenters. The van der Waals surface area contributed by atoms with Gasteiger partial charge in [0.25, 0.3) is 0 Å². The summed E-state index contributed by atoms with van der Waals surface area (Å²) in [6, 6.07) is 13.3. The molecule has 2 aromatic carbocycles. The largest absolute Gasteiger partial charge is 0.454 e. The number of nitrogens with two attached hydrogens (primary N) is 1. The molecule has 0 amide bonds. The van der Waals surface area contributed by atoms with E-state index >= 15 is 0 Å². The van der Waals surface area contributed by atoms with Crippen molar-refractivity contribution in [2.45, 2.75) is 0 Å². The summed E-state index contributed by atoms with van der Waals surface area (Å²) in [5, 5.41) is 0.858. The summed E-state index contributed by atoms with van der Waals surface area (Å²) in [6.07, 6.45) is 0. The monoisotopic (exact) mass is 265 g/mol. The minimum absolute atomic E-state index is 0.250. The molecule has 0 aliphatic carbocycles. The zero-order chi connectivity index (χ0) is 13.5. The Labute approximate surface area is 115 Å². The Morgan fingerprint density at radius 1 is 0.950 bits per heavy atom. The van der Waals surface area contributed by atoms with Crippen LogP contribution in [0, 0.1) is 0 Å². The van der Waals surface area contributed by atoms with Crippen LogP contribution in [-0.2, 0) is 0 Å². The van der Waals surface area contributed by atoms with Crippen molar-refractivity contribution in [2.75, 3.05) is 12.5 Å². The summed E-state index contributed by atoms with van der Waals surface area (Å²) in [5.74, 6) is 2.50. The normalized spacial score (nSPS) is 12.8. The van der Waals surface area contributed by atoms with Gasteiger partial charge in [-0.05, 0) is 30.3 Å². The van der Waals surface area contributed by atoms with Crippen LogP contribution < -0.4 is 15.2 Å². The number of nitrogen functional groups attached to an aromatic ring is 1. The van der Waals surface area contributed by atoms with Crippen LogP contribution in [0.3, 0.4) is 0 Å². The van der Waals surface area contributed by atoms with Gasteiger partial charge in [0, 0.05) is 10.9 Å². The lowest BCUT2D eigenvalue weighted by molar-refractivity contribution is 0.174. The fraction of sp³-hybridized carbons (Fsp3) is 0.0667. The summed E-state index contributed by atoms with van der Waals surface area (Å²) < 4.78 is 10.7. The second-order valence-corrected chi connectivity index (χ2v) is 4.52. The van der Waals surface area contributed by atoms with Crippen LogP contribution in [0.25, 0.3) is 22.3 Å². The van der Waals surface area contributed by atoms with Gasteiger partial charge in [-0.3, -0.25) is 0 Å². The van der Waals surface area contributed by atoms with E-state index in [4.69, 9.17) is 15.2 Å². The van der Waals surface area contributed by atoms with Gasteiger partial charge >= 0.3 is 0 Å². The summed E-state index contributed by atoms with van der Waals surface area (Å²) in [5.41, 5.74) is 7.68. The first-order valence-electron chi connectivity index (χ1n) is 6.23. The minimum atomic E-state index is 0.250. The minimum Gasteiger partial charge on any atom is -0.454 e. The first-order chi connectivity index (χ1) is 9.81. The van der Waals surface area contributed by atoms with E-state index < -0.39 is 0 Å². The molecule has 1 aromatic heterocycles. The van der Waals surface area contributed by atoms with E-state index in [1.54, 1.807) is 0 Å². The standard InChI is InChI=1S/C15H11N3O2/c16-14-10-3-1-2-4-11(10)17-15(18-14)9-5-6-12-13(7-9)20-8-19-12/h1-7H,8H2,(H2,16,17,18). The molecule has 2 N–H and O–H groups in total. The Kier molecular flexibility index (Phi) is 2.26. The number of hydrogen-bond acceptors (Lipinski definition) is 5. The number of ether oxygens (including phenoxy) is 2. The Balaban J connectivity index is 1.90. The van der Waals surface area contributed by atoms with E-state index in [0.29, 0.717) is 17.4 Å². The van der Waals surface area contributed by atoms with Gasteiger partial charge in [-0.1, -0.05) is 12.1 Å². The lowest BCUT2D eigenvalue weighted by atomic mass is 10.1. The second-order valence-electron chi connectivity index (χ2n) is 4.52. The van der Waals surface area contributed by atoms with Gasteiger partial charge in [0.05, 0.1) is 5.52 Å². The molecular weight excluding hydrogens is 254 g/mol. The van der Waals surface area contributed by atoms with Crippen LogP contribution in [0.4, 0.5) is 5.82 Å².